The maximum Gasteiger partial charge on any atom is 0.178 e. The Morgan fingerprint density at radius 2 is 2.42 bits per heavy atom. The van der Waals surface area contributed by atoms with Gasteiger partial charge in [-0.3, -0.25) is 5.41 Å². The zero-order chi connectivity index (χ0) is 8.55. The van der Waals surface area contributed by atoms with Crippen molar-refractivity contribution in [1.82, 2.24) is 15.0 Å². The quantitative estimate of drug-likeness (QED) is 0.413. The highest BCUT2D eigenvalue weighted by molar-refractivity contribution is 5.94. The molecule has 0 unspecified atom stereocenters. The number of nitrogens with zero attached hydrogens (tertiary/aromatic N) is 2. The highest BCUT2D eigenvalue weighted by atomic mass is 15.0. The fraction of sp³-hybridized carbons (Fsp3) is 0. The molecule has 0 bridgehead atoms. The summed E-state index contributed by atoms with van der Waals surface area (Å²) in [5.74, 6) is 0.289. The van der Waals surface area contributed by atoms with Crippen LogP contribution >= 0.6 is 0 Å². The lowest BCUT2D eigenvalue weighted by molar-refractivity contribution is 1.23. The predicted octanol–water partition coefficient (Wildman–Crippen LogP) is 0.242. The first kappa shape index (κ1) is 6.78. The van der Waals surface area contributed by atoms with Crippen LogP contribution in [0.3, 0.4) is 0 Å². The van der Waals surface area contributed by atoms with Gasteiger partial charge in [-0.25, -0.2) is 9.97 Å². The Labute approximate surface area is 68.2 Å². The van der Waals surface area contributed by atoms with Crippen LogP contribution in [0.15, 0.2) is 18.3 Å². The van der Waals surface area contributed by atoms with Gasteiger partial charge in [-0.2, -0.15) is 0 Å². The molecule has 12 heavy (non-hydrogen) atoms. The number of pyridine rings is 1. The van der Waals surface area contributed by atoms with E-state index in [2.05, 4.69) is 15.0 Å². The Bertz CT molecular complexity index is 397. The number of fused-ring (bicyclic) bond motifs is 1. The van der Waals surface area contributed by atoms with E-state index >= 15 is 0 Å². The molecule has 2 rings (SSSR count). The molecule has 0 spiro atoms. The van der Waals surface area contributed by atoms with Crippen molar-refractivity contribution in [1.29, 1.82) is 5.41 Å². The maximum atomic E-state index is 7.12. The molecule has 0 radical (unpaired) electrons. The molecule has 0 aliphatic heterocycles. The summed E-state index contributed by atoms with van der Waals surface area (Å²) < 4.78 is 0. The summed E-state index contributed by atoms with van der Waals surface area (Å²) >= 11 is 0. The fourth-order valence-corrected chi connectivity index (χ4v) is 0.973. The number of amidine groups is 1. The van der Waals surface area contributed by atoms with Crippen LogP contribution in [0.25, 0.3) is 11.2 Å². The molecule has 60 valence electrons. The topological polar surface area (TPSA) is 91.4 Å². The van der Waals surface area contributed by atoms with E-state index in [9.17, 15) is 0 Å². The minimum atomic E-state index is -0.0759. The minimum Gasteiger partial charge on any atom is -0.381 e. The van der Waals surface area contributed by atoms with Crippen molar-refractivity contribution in [2.24, 2.45) is 5.73 Å². The van der Waals surface area contributed by atoms with E-state index in [1.54, 1.807) is 12.3 Å². The molecule has 4 N–H and O–H groups in total. The van der Waals surface area contributed by atoms with E-state index in [-0.39, 0.29) is 5.84 Å². The SMILES string of the molecule is N=C(N)c1nc2ncccc2[nH]1. The number of nitrogens with one attached hydrogen (secondary N) is 2. The van der Waals surface area contributed by atoms with Crippen LogP contribution in [-0.4, -0.2) is 20.8 Å². The molecule has 0 aromatic carbocycles. The van der Waals surface area contributed by atoms with Crippen LogP contribution < -0.4 is 5.73 Å². The minimum absolute atomic E-state index is 0.0759. The van der Waals surface area contributed by atoms with Gasteiger partial charge in [-0.15, -0.1) is 0 Å². The predicted molar refractivity (Wildman–Crippen MR) is 44.9 cm³/mol. The smallest absolute Gasteiger partial charge is 0.178 e. The Kier molecular flexibility index (Phi) is 1.30. The second-order valence-electron chi connectivity index (χ2n) is 2.37. The van der Waals surface area contributed by atoms with Crippen molar-refractivity contribution in [3.8, 4) is 0 Å². The zero-order valence-corrected chi connectivity index (χ0v) is 6.20. The van der Waals surface area contributed by atoms with Gasteiger partial charge in [0.1, 0.15) is 0 Å². The van der Waals surface area contributed by atoms with E-state index in [1.807, 2.05) is 6.07 Å². The summed E-state index contributed by atoms with van der Waals surface area (Å²) in [6.07, 6.45) is 1.65. The number of H-pyrrole nitrogens is 1. The first-order valence-electron chi connectivity index (χ1n) is 3.42. The third-order valence-electron chi connectivity index (χ3n) is 1.51. The number of hydrogen-bond donors (Lipinski definition) is 3. The number of nitrogen functional groups attached to an aromatic ring is 1. The second kappa shape index (κ2) is 2.30. The highest BCUT2D eigenvalue weighted by Crippen LogP contribution is 2.05. The standard InChI is InChI=1S/C7H7N5/c8-5(9)7-11-4-2-1-3-10-6(4)12-7/h1-3H,(H3,8,9)(H,10,11,12). The summed E-state index contributed by atoms with van der Waals surface area (Å²) in [5.41, 5.74) is 6.62. The molecule has 5 heteroatoms. The summed E-state index contributed by atoms with van der Waals surface area (Å²) in [6, 6.07) is 3.63. The van der Waals surface area contributed by atoms with Gasteiger partial charge >= 0.3 is 0 Å². The van der Waals surface area contributed by atoms with Crippen molar-refractivity contribution in [2.45, 2.75) is 0 Å². The van der Waals surface area contributed by atoms with Crippen LogP contribution in [0.2, 0.25) is 0 Å². The van der Waals surface area contributed by atoms with E-state index in [1.165, 1.54) is 0 Å². The van der Waals surface area contributed by atoms with Crippen molar-refractivity contribution >= 4 is 17.0 Å². The van der Waals surface area contributed by atoms with Crippen molar-refractivity contribution in [2.75, 3.05) is 0 Å². The summed E-state index contributed by atoms with van der Waals surface area (Å²) in [7, 11) is 0. The molecule has 0 aliphatic rings. The largest absolute Gasteiger partial charge is 0.381 e. The summed E-state index contributed by atoms with van der Waals surface area (Å²) in [4.78, 5) is 10.9. The molecule has 0 atom stereocenters. The van der Waals surface area contributed by atoms with E-state index in [4.69, 9.17) is 11.1 Å². The van der Waals surface area contributed by atoms with Crippen molar-refractivity contribution in [3.05, 3.63) is 24.2 Å². The molecular weight excluding hydrogens is 154 g/mol. The lowest BCUT2D eigenvalue weighted by Crippen LogP contribution is -2.12. The van der Waals surface area contributed by atoms with E-state index in [0.29, 0.717) is 11.5 Å². The molecular formula is C7H7N5. The lowest BCUT2D eigenvalue weighted by atomic mass is 10.4. The Morgan fingerprint density at radius 3 is 3.08 bits per heavy atom. The number of rotatable bonds is 1. The molecule has 0 saturated carbocycles. The highest BCUT2D eigenvalue weighted by Gasteiger charge is 2.03. The van der Waals surface area contributed by atoms with Crippen LogP contribution in [0, 0.1) is 5.41 Å². The normalized spacial score (nSPS) is 10.3. The van der Waals surface area contributed by atoms with E-state index in [0.717, 1.165) is 5.52 Å². The molecule has 5 nitrogen and oxygen atoms in total. The number of imidazole rings is 1. The average Bonchev–Trinajstić information content (AvgIpc) is 2.46. The third kappa shape index (κ3) is 0.914. The number of aromatic amines is 1. The van der Waals surface area contributed by atoms with Gasteiger partial charge in [-0.1, -0.05) is 0 Å². The first-order valence-corrected chi connectivity index (χ1v) is 3.42. The Balaban J connectivity index is 2.70. The van der Waals surface area contributed by atoms with Gasteiger partial charge in [0, 0.05) is 6.20 Å². The van der Waals surface area contributed by atoms with Crippen molar-refractivity contribution < 1.29 is 0 Å². The van der Waals surface area contributed by atoms with Gasteiger partial charge < -0.3 is 10.7 Å². The lowest BCUT2D eigenvalue weighted by Gasteiger charge is -1.85. The second-order valence-corrected chi connectivity index (χ2v) is 2.37. The van der Waals surface area contributed by atoms with E-state index < -0.39 is 0 Å². The molecule has 0 fully saturated rings. The summed E-state index contributed by atoms with van der Waals surface area (Å²) in [6.45, 7) is 0. The Morgan fingerprint density at radius 1 is 1.58 bits per heavy atom. The van der Waals surface area contributed by atoms with Crippen LogP contribution in [0.4, 0.5) is 0 Å². The first-order chi connectivity index (χ1) is 5.77. The molecule has 2 aromatic rings. The van der Waals surface area contributed by atoms with Gasteiger partial charge in [0.2, 0.25) is 0 Å². The monoisotopic (exact) mass is 161 g/mol. The molecule has 2 heterocycles. The van der Waals surface area contributed by atoms with Crippen LogP contribution in [0.1, 0.15) is 5.82 Å². The average molecular weight is 161 g/mol. The molecule has 0 aliphatic carbocycles. The molecule has 0 saturated heterocycles. The van der Waals surface area contributed by atoms with Crippen LogP contribution in [0.5, 0.6) is 0 Å². The Hall–Kier alpha value is -1.91. The zero-order valence-electron chi connectivity index (χ0n) is 6.20. The summed E-state index contributed by atoms with van der Waals surface area (Å²) in [5, 5.41) is 7.12. The van der Waals surface area contributed by atoms with Gasteiger partial charge in [0.15, 0.2) is 17.3 Å². The van der Waals surface area contributed by atoms with Crippen LogP contribution in [-0.2, 0) is 0 Å². The maximum absolute atomic E-state index is 7.12. The molecule has 2 aromatic heterocycles. The van der Waals surface area contributed by atoms with Gasteiger partial charge in [0.05, 0.1) is 5.52 Å². The number of aromatic nitrogens is 3. The molecule has 0 amide bonds. The van der Waals surface area contributed by atoms with Gasteiger partial charge in [0.25, 0.3) is 0 Å². The fourth-order valence-electron chi connectivity index (χ4n) is 0.973. The third-order valence-corrected chi connectivity index (χ3v) is 1.51. The van der Waals surface area contributed by atoms with Crippen molar-refractivity contribution in [3.63, 3.8) is 0 Å². The van der Waals surface area contributed by atoms with Gasteiger partial charge in [-0.05, 0) is 12.1 Å². The number of nitrogens with two attached hydrogens (primary N) is 1. The number of hydrogen-bond acceptors (Lipinski definition) is 3.